The lowest BCUT2D eigenvalue weighted by Gasteiger charge is -2.11. The molecule has 122 valence electrons. The molecule has 6 nitrogen and oxygen atoms in total. The van der Waals surface area contributed by atoms with Crippen LogP contribution in [0.5, 0.6) is 5.75 Å². The SMILES string of the molecule is CCCCNC(=O)c1cc(Nc2cc(Cl)ccc2OC)ncn1. The van der Waals surface area contributed by atoms with Gasteiger partial charge < -0.3 is 15.4 Å². The average Bonchev–Trinajstić information content (AvgIpc) is 2.55. The summed E-state index contributed by atoms with van der Waals surface area (Å²) in [6.07, 6.45) is 3.29. The molecule has 1 heterocycles. The monoisotopic (exact) mass is 334 g/mol. The van der Waals surface area contributed by atoms with Gasteiger partial charge in [-0.25, -0.2) is 9.97 Å². The summed E-state index contributed by atoms with van der Waals surface area (Å²) < 4.78 is 5.27. The van der Waals surface area contributed by atoms with Crippen LogP contribution in [0, 0.1) is 0 Å². The number of methoxy groups -OCH3 is 1. The number of amides is 1. The number of nitrogens with zero attached hydrogens (tertiary/aromatic N) is 2. The Bertz CT molecular complexity index is 679. The van der Waals surface area contributed by atoms with Gasteiger partial charge in [-0.05, 0) is 24.6 Å². The molecule has 1 aromatic heterocycles. The molecule has 0 radical (unpaired) electrons. The van der Waals surface area contributed by atoms with E-state index >= 15 is 0 Å². The third-order valence-electron chi connectivity index (χ3n) is 3.14. The minimum Gasteiger partial charge on any atom is -0.495 e. The second kappa shape index (κ2) is 8.33. The predicted octanol–water partition coefficient (Wildman–Crippen LogP) is 3.41. The van der Waals surface area contributed by atoms with Gasteiger partial charge in [-0.15, -0.1) is 0 Å². The molecule has 2 aromatic rings. The summed E-state index contributed by atoms with van der Waals surface area (Å²) in [5.41, 5.74) is 0.968. The predicted molar refractivity (Wildman–Crippen MR) is 90.6 cm³/mol. The maximum Gasteiger partial charge on any atom is 0.270 e. The molecule has 0 fully saturated rings. The Morgan fingerprint density at radius 1 is 1.30 bits per heavy atom. The summed E-state index contributed by atoms with van der Waals surface area (Å²) >= 11 is 6.00. The lowest BCUT2D eigenvalue weighted by atomic mass is 10.2. The van der Waals surface area contributed by atoms with Crippen molar-refractivity contribution in [3.63, 3.8) is 0 Å². The van der Waals surface area contributed by atoms with Crippen LogP contribution in [0.2, 0.25) is 5.02 Å². The van der Waals surface area contributed by atoms with Gasteiger partial charge >= 0.3 is 0 Å². The molecule has 23 heavy (non-hydrogen) atoms. The van der Waals surface area contributed by atoms with Crippen molar-refractivity contribution in [3.05, 3.63) is 41.3 Å². The van der Waals surface area contributed by atoms with E-state index in [0.717, 1.165) is 12.8 Å². The molecule has 2 rings (SSSR count). The minimum atomic E-state index is -0.220. The zero-order valence-corrected chi connectivity index (χ0v) is 13.9. The van der Waals surface area contributed by atoms with Gasteiger partial charge in [-0.1, -0.05) is 24.9 Å². The van der Waals surface area contributed by atoms with Gasteiger partial charge in [0, 0.05) is 17.6 Å². The van der Waals surface area contributed by atoms with Gasteiger partial charge in [0.25, 0.3) is 5.91 Å². The lowest BCUT2D eigenvalue weighted by molar-refractivity contribution is 0.0948. The van der Waals surface area contributed by atoms with Crippen LogP contribution >= 0.6 is 11.6 Å². The molecule has 0 atom stereocenters. The molecule has 0 aliphatic carbocycles. The highest BCUT2D eigenvalue weighted by Gasteiger charge is 2.10. The maximum absolute atomic E-state index is 12.0. The van der Waals surface area contributed by atoms with E-state index < -0.39 is 0 Å². The van der Waals surface area contributed by atoms with E-state index in [1.54, 1.807) is 31.4 Å². The second-order valence-electron chi connectivity index (χ2n) is 4.87. The Labute approximate surface area is 140 Å². The fourth-order valence-corrected chi connectivity index (χ4v) is 2.11. The largest absolute Gasteiger partial charge is 0.495 e. The van der Waals surface area contributed by atoms with Crippen molar-refractivity contribution in [2.45, 2.75) is 19.8 Å². The zero-order valence-electron chi connectivity index (χ0n) is 13.1. The van der Waals surface area contributed by atoms with E-state index in [-0.39, 0.29) is 5.91 Å². The van der Waals surface area contributed by atoms with Crippen molar-refractivity contribution < 1.29 is 9.53 Å². The topological polar surface area (TPSA) is 76.1 Å². The van der Waals surface area contributed by atoms with Crippen LogP contribution in [0.15, 0.2) is 30.6 Å². The molecule has 0 saturated carbocycles. The van der Waals surface area contributed by atoms with Crippen LogP contribution in [-0.4, -0.2) is 29.5 Å². The van der Waals surface area contributed by atoms with Crippen molar-refractivity contribution in [1.82, 2.24) is 15.3 Å². The van der Waals surface area contributed by atoms with Crippen molar-refractivity contribution in [1.29, 1.82) is 0 Å². The van der Waals surface area contributed by atoms with E-state index in [1.165, 1.54) is 6.33 Å². The van der Waals surface area contributed by atoms with Gasteiger partial charge in [-0.3, -0.25) is 4.79 Å². The molecule has 0 bridgehead atoms. The number of hydrogen-bond donors (Lipinski definition) is 2. The van der Waals surface area contributed by atoms with Crippen LogP contribution in [-0.2, 0) is 0 Å². The molecule has 1 amide bonds. The smallest absolute Gasteiger partial charge is 0.270 e. The number of anilines is 2. The molecule has 1 aromatic carbocycles. The number of halogens is 1. The molecule has 2 N–H and O–H groups in total. The van der Waals surface area contributed by atoms with Crippen LogP contribution in [0.3, 0.4) is 0 Å². The Morgan fingerprint density at radius 3 is 2.87 bits per heavy atom. The summed E-state index contributed by atoms with van der Waals surface area (Å²) in [6.45, 7) is 2.70. The quantitative estimate of drug-likeness (QED) is 0.759. The molecule has 0 aliphatic rings. The summed E-state index contributed by atoms with van der Waals surface area (Å²) in [5.74, 6) is 0.894. The summed E-state index contributed by atoms with van der Waals surface area (Å²) in [4.78, 5) is 20.1. The van der Waals surface area contributed by atoms with Crippen molar-refractivity contribution >= 4 is 29.0 Å². The van der Waals surface area contributed by atoms with Crippen molar-refractivity contribution in [2.24, 2.45) is 0 Å². The molecule has 0 spiro atoms. The van der Waals surface area contributed by atoms with Crippen molar-refractivity contribution in [2.75, 3.05) is 19.0 Å². The first-order valence-corrected chi connectivity index (χ1v) is 7.72. The standard InChI is InChI=1S/C16H19ClN4O2/c1-3-4-7-18-16(22)13-9-15(20-10-19-13)21-12-8-11(17)5-6-14(12)23-2/h5-6,8-10H,3-4,7H2,1-2H3,(H,18,22)(H,19,20,21). The highest BCUT2D eigenvalue weighted by molar-refractivity contribution is 6.31. The van der Waals surface area contributed by atoms with Crippen LogP contribution < -0.4 is 15.4 Å². The van der Waals surface area contributed by atoms with Crippen molar-refractivity contribution in [3.8, 4) is 5.75 Å². The van der Waals surface area contributed by atoms with Crippen LogP contribution in [0.1, 0.15) is 30.3 Å². The molecule has 7 heteroatoms. The summed E-state index contributed by atoms with van der Waals surface area (Å²) in [6, 6.07) is 6.80. The average molecular weight is 335 g/mol. The normalized spacial score (nSPS) is 10.2. The summed E-state index contributed by atoms with van der Waals surface area (Å²) in [5, 5.41) is 6.48. The van der Waals surface area contributed by atoms with Gasteiger partial charge in [-0.2, -0.15) is 0 Å². The number of rotatable bonds is 7. The molecule has 0 saturated heterocycles. The molecular weight excluding hydrogens is 316 g/mol. The second-order valence-corrected chi connectivity index (χ2v) is 5.30. The number of unbranched alkanes of at least 4 members (excludes halogenated alkanes) is 1. The zero-order chi connectivity index (χ0) is 16.7. The number of hydrogen-bond acceptors (Lipinski definition) is 5. The first-order valence-electron chi connectivity index (χ1n) is 7.35. The third-order valence-corrected chi connectivity index (χ3v) is 3.37. The Kier molecular flexibility index (Phi) is 6.17. The van der Waals surface area contributed by atoms with Crippen LogP contribution in [0.4, 0.5) is 11.5 Å². The minimum absolute atomic E-state index is 0.220. The Hall–Kier alpha value is -2.34. The fraction of sp³-hybridized carbons (Fsp3) is 0.312. The molecule has 0 aliphatic heterocycles. The fourth-order valence-electron chi connectivity index (χ4n) is 1.93. The lowest BCUT2D eigenvalue weighted by Crippen LogP contribution is -2.25. The molecular formula is C16H19ClN4O2. The van der Waals surface area contributed by atoms with E-state index in [4.69, 9.17) is 16.3 Å². The van der Waals surface area contributed by atoms with E-state index in [1.807, 2.05) is 0 Å². The first-order chi connectivity index (χ1) is 11.1. The van der Waals surface area contributed by atoms with Gasteiger partial charge in [0.2, 0.25) is 0 Å². The maximum atomic E-state index is 12.0. The van der Waals surface area contributed by atoms with E-state index in [0.29, 0.717) is 34.5 Å². The van der Waals surface area contributed by atoms with Gasteiger partial charge in [0.1, 0.15) is 23.6 Å². The van der Waals surface area contributed by atoms with Gasteiger partial charge in [0.15, 0.2) is 0 Å². The van der Waals surface area contributed by atoms with Gasteiger partial charge in [0.05, 0.1) is 12.8 Å². The number of carbonyl (C=O) groups excluding carboxylic acids is 1. The number of benzene rings is 1. The molecule has 0 unspecified atom stereocenters. The number of carbonyl (C=O) groups is 1. The first kappa shape index (κ1) is 17.0. The van der Waals surface area contributed by atoms with E-state index in [2.05, 4.69) is 27.5 Å². The summed E-state index contributed by atoms with van der Waals surface area (Å²) in [7, 11) is 1.57. The number of ether oxygens (including phenoxy) is 1. The Morgan fingerprint density at radius 2 is 2.13 bits per heavy atom. The highest BCUT2D eigenvalue weighted by atomic mass is 35.5. The van der Waals surface area contributed by atoms with Crippen LogP contribution in [0.25, 0.3) is 0 Å². The Balaban J connectivity index is 2.14. The number of aromatic nitrogens is 2. The van der Waals surface area contributed by atoms with E-state index in [9.17, 15) is 4.79 Å². The third kappa shape index (κ3) is 4.82. The highest BCUT2D eigenvalue weighted by Crippen LogP contribution is 2.29. The number of nitrogens with one attached hydrogen (secondary N) is 2.